The van der Waals surface area contributed by atoms with E-state index in [2.05, 4.69) is 12.2 Å². The Morgan fingerprint density at radius 2 is 1.42 bits per heavy atom. The third-order valence-electron chi connectivity index (χ3n) is 5.20. The molecule has 0 saturated carbocycles. The molecule has 0 aliphatic carbocycles. The number of hydrogen-bond donors (Lipinski definition) is 1. The van der Waals surface area contributed by atoms with Gasteiger partial charge in [-0.3, -0.25) is 4.79 Å². The Labute approximate surface area is 161 Å². The summed E-state index contributed by atoms with van der Waals surface area (Å²) in [6.45, 7) is 6.19. The number of rotatable bonds is 19. The average Bonchev–Trinajstić information content (AvgIpc) is 3.39. The van der Waals surface area contributed by atoms with Crippen LogP contribution in [0.2, 0.25) is 0 Å². The summed E-state index contributed by atoms with van der Waals surface area (Å²) in [7, 11) is 0. The number of ether oxygens (including phenoxy) is 2. The summed E-state index contributed by atoms with van der Waals surface area (Å²) in [5.41, 5.74) is 0. The molecule has 0 aromatic carbocycles. The van der Waals surface area contributed by atoms with Crippen LogP contribution in [0.25, 0.3) is 0 Å². The Hall–Kier alpha value is -0.610. The van der Waals surface area contributed by atoms with Gasteiger partial charge in [0.25, 0.3) is 0 Å². The second-order valence-electron chi connectivity index (χ2n) is 7.62. The molecule has 154 valence electrons. The molecule has 26 heavy (non-hydrogen) atoms. The van der Waals surface area contributed by atoms with Crippen LogP contribution in [-0.2, 0) is 14.3 Å². The lowest BCUT2D eigenvalue weighted by Gasteiger charge is -2.05. The van der Waals surface area contributed by atoms with Gasteiger partial charge in [-0.15, -0.1) is 0 Å². The fourth-order valence-electron chi connectivity index (χ4n) is 3.47. The van der Waals surface area contributed by atoms with Gasteiger partial charge >= 0.3 is 0 Å². The molecule has 1 rings (SSSR count). The number of carbonyl (C=O) groups excluding carboxylic acids is 1. The van der Waals surface area contributed by atoms with Crippen molar-refractivity contribution < 1.29 is 14.3 Å². The maximum atomic E-state index is 11.6. The third kappa shape index (κ3) is 13.6. The van der Waals surface area contributed by atoms with E-state index >= 15 is 0 Å². The van der Waals surface area contributed by atoms with Gasteiger partial charge in [0.15, 0.2) is 0 Å². The van der Waals surface area contributed by atoms with E-state index in [0.717, 1.165) is 12.8 Å². The van der Waals surface area contributed by atoms with Crippen molar-refractivity contribution in [3.63, 3.8) is 0 Å². The van der Waals surface area contributed by atoms with E-state index in [0.29, 0.717) is 38.4 Å². The van der Waals surface area contributed by atoms with Crippen LogP contribution in [0.15, 0.2) is 0 Å². The molecule has 4 nitrogen and oxygen atoms in total. The largest absolute Gasteiger partial charge is 0.380 e. The van der Waals surface area contributed by atoms with Crippen LogP contribution in [0.5, 0.6) is 0 Å². The summed E-state index contributed by atoms with van der Waals surface area (Å²) in [5, 5.41) is 2.90. The number of unbranched alkanes of at least 4 members (excludes halogenated alkanes) is 9. The summed E-state index contributed by atoms with van der Waals surface area (Å²) in [5.74, 6) is 0.161. The van der Waals surface area contributed by atoms with Crippen molar-refractivity contribution in [3.8, 4) is 0 Å². The molecule has 1 saturated heterocycles. The monoisotopic (exact) mass is 369 g/mol. The molecule has 1 aliphatic heterocycles. The first-order valence-corrected chi connectivity index (χ1v) is 11.3. The zero-order chi connectivity index (χ0) is 18.9. The Bertz CT molecular complexity index is 335. The first-order chi connectivity index (χ1) is 12.8. The molecule has 4 heteroatoms. The summed E-state index contributed by atoms with van der Waals surface area (Å²) >= 11 is 0. The third-order valence-corrected chi connectivity index (χ3v) is 5.20. The minimum Gasteiger partial charge on any atom is -0.380 e. The summed E-state index contributed by atoms with van der Waals surface area (Å²) in [6.07, 6.45) is 18.5. The van der Waals surface area contributed by atoms with Gasteiger partial charge in [0.05, 0.1) is 18.8 Å². The van der Waals surface area contributed by atoms with Crippen molar-refractivity contribution in [1.82, 2.24) is 5.32 Å². The second kappa shape index (κ2) is 16.6. The van der Waals surface area contributed by atoms with Crippen molar-refractivity contribution in [2.75, 3.05) is 19.8 Å². The van der Waals surface area contributed by atoms with Crippen LogP contribution >= 0.6 is 0 Å². The van der Waals surface area contributed by atoms with Crippen molar-refractivity contribution >= 4 is 5.91 Å². The molecule has 1 heterocycles. The van der Waals surface area contributed by atoms with E-state index in [1.54, 1.807) is 0 Å². The van der Waals surface area contributed by atoms with Gasteiger partial charge < -0.3 is 14.8 Å². The van der Waals surface area contributed by atoms with E-state index in [1.165, 1.54) is 70.6 Å². The fraction of sp³-hybridized carbons (Fsp3) is 0.955. The summed E-state index contributed by atoms with van der Waals surface area (Å²) in [6, 6.07) is 0. The van der Waals surface area contributed by atoms with Crippen LogP contribution < -0.4 is 5.32 Å². The van der Waals surface area contributed by atoms with E-state index in [4.69, 9.17) is 9.47 Å². The van der Waals surface area contributed by atoms with Gasteiger partial charge in [-0.1, -0.05) is 71.1 Å². The standard InChI is InChI=1S/C22H43NO3/c1-3-5-6-7-9-12-15-20-21(26-20)16-13-10-8-11-14-17-22(24)23-18-19-25-4-2/h20-21H,3-19H2,1-2H3,(H,23,24). The van der Waals surface area contributed by atoms with Crippen molar-refractivity contribution in [2.45, 2.75) is 116 Å². The van der Waals surface area contributed by atoms with Crippen LogP contribution in [0, 0.1) is 0 Å². The normalized spacial score (nSPS) is 18.8. The zero-order valence-electron chi connectivity index (χ0n) is 17.4. The lowest BCUT2D eigenvalue weighted by molar-refractivity contribution is -0.121. The Balaban J connectivity index is 1.77. The van der Waals surface area contributed by atoms with Crippen LogP contribution in [0.4, 0.5) is 0 Å². The van der Waals surface area contributed by atoms with Gasteiger partial charge in [0.1, 0.15) is 0 Å². The lowest BCUT2D eigenvalue weighted by Crippen LogP contribution is -2.26. The zero-order valence-corrected chi connectivity index (χ0v) is 17.4. The second-order valence-corrected chi connectivity index (χ2v) is 7.62. The van der Waals surface area contributed by atoms with Gasteiger partial charge in [0, 0.05) is 19.6 Å². The molecule has 1 fully saturated rings. The highest BCUT2D eigenvalue weighted by Crippen LogP contribution is 2.31. The fourth-order valence-corrected chi connectivity index (χ4v) is 3.47. The van der Waals surface area contributed by atoms with E-state index in [9.17, 15) is 4.79 Å². The smallest absolute Gasteiger partial charge is 0.220 e. The van der Waals surface area contributed by atoms with Gasteiger partial charge in [-0.2, -0.15) is 0 Å². The van der Waals surface area contributed by atoms with E-state index in [-0.39, 0.29) is 5.91 Å². The molecule has 2 unspecified atom stereocenters. The number of hydrogen-bond acceptors (Lipinski definition) is 3. The first-order valence-electron chi connectivity index (χ1n) is 11.3. The van der Waals surface area contributed by atoms with E-state index < -0.39 is 0 Å². The quantitative estimate of drug-likeness (QED) is 0.245. The van der Waals surface area contributed by atoms with Crippen molar-refractivity contribution in [1.29, 1.82) is 0 Å². The van der Waals surface area contributed by atoms with Crippen LogP contribution in [0.1, 0.15) is 104 Å². The predicted molar refractivity (Wildman–Crippen MR) is 108 cm³/mol. The predicted octanol–water partition coefficient (Wildman–Crippen LogP) is 5.39. The van der Waals surface area contributed by atoms with Crippen molar-refractivity contribution in [3.05, 3.63) is 0 Å². The average molecular weight is 370 g/mol. The molecular weight excluding hydrogens is 326 g/mol. The molecule has 1 N–H and O–H groups in total. The maximum Gasteiger partial charge on any atom is 0.220 e. The Morgan fingerprint density at radius 1 is 0.846 bits per heavy atom. The molecule has 0 bridgehead atoms. The Kier molecular flexibility index (Phi) is 14.9. The molecule has 1 aliphatic rings. The number of amides is 1. The Morgan fingerprint density at radius 3 is 2.04 bits per heavy atom. The molecule has 0 aromatic heterocycles. The number of nitrogens with one attached hydrogen (secondary N) is 1. The summed E-state index contributed by atoms with van der Waals surface area (Å²) in [4.78, 5) is 11.6. The highest BCUT2D eigenvalue weighted by Gasteiger charge is 2.36. The number of carbonyl (C=O) groups is 1. The van der Waals surface area contributed by atoms with Gasteiger partial charge in [-0.05, 0) is 26.2 Å². The van der Waals surface area contributed by atoms with Crippen molar-refractivity contribution in [2.24, 2.45) is 0 Å². The molecule has 2 atom stereocenters. The van der Waals surface area contributed by atoms with Crippen LogP contribution in [-0.4, -0.2) is 37.9 Å². The maximum absolute atomic E-state index is 11.6. The van der Waals surface area contributed by atoms with E-state index in [1.807, 2.05) is 6.92 Å². The molecular formula is C22H43NO3. The molecule has 1 amide bonds. The summed E-state index contributed by atoms with van der Waals surface area (Å²) < 4.78 is 11.0. The number of epoxide rings is 1. The molecule has 0 spiro atoms. The molecule has 0 radical (unpaired) electrons. The van der Waals surface area contributed by atoms with Crippen LogP contribution in [0.3, 0.4) is 0 Å². The highest BCUT2D eigenvalue weighted by molar-refractivity contribution is 5.75. The topological polar surface area (TPSA) is 50.9 Å². The molecule has 0 aromatic rings. The minimum atomic E-state index is 0.161. The van der Waals surface area contributed by atoms with Gasteiger partial charge in [-0.25, -0.2) is 0 Å². The highest BCUT2D eigenvalue weighted by atomic mass is 16.6. The lowest BCUT2D eigenvalue weighted by atomic mass is 10.0. The SMILES string of the molecule is CCCCCCCCC1OC1CCCCCCCC(=O)NCCOCC. The first kappa shape index (κ1) is 23.4. The van der Waals surface area contributed by atoms with Gasteiger partial charge in [0.2, 0.25) is 5.91 Å². The minimum absolute atomic E-state index is 0.161.